The molecule has 1 N–H and O–H groups in total. The molecule has 0 aliphatic carbocycles. The topological polar surface area (TPSA) is 127 Å². The predicted molar refractivity (Wildman–Crippen MR) is 158 cm³/mol. The molecule has 0 spiro atoms. The van der Waals surface area contributed by atoms with Gasteiger partial charge in [-0.05, 0) is 49.6 Å². The third-order valence-electron chi connectivity index (χ3n) is 7.48. The van der Waals surface area contributed by atoms with Crippen molar-refractivity contribution in [3.05, 3.63) is 94.7 Å². The number of benzene rings is 2. The minimum atomic E-state index is -0.642. The van der Waals surface area contributed by atoms with Crippen molar-refractivity contribution in [3.8, 4) is 34.1 Å². The van der Waals surface area contributed by atoms with E-state index < -0.39 is 11.3 Å². The summed E-state index contributed by atoms with van der Waals surface area (Å²) >= 11 is 0. The Balaban J connectivity index is 1.14. The van der Waals surface area contributed by atoms with Crippen LogP contribution in [0.25, 0.3) is 22.0 Å². The van der Waals surface area contributed by atoms with Crippen LogP contribution in [-0.4, -0.2) is 45.7 Å². The van der Waals surface area contributed by atoms with E-state index in [1.54, 1.807) is 41.3 Å². The van der Waals surface area contributed by atoms with Crippen LogP contribution < -0.4 is 25.0 Å². The Morgan fingerprint density at radius 3 is 2.56 bits per heavy atom. The van der Waals surface area contributed by atoms with Gasteiger partial charge in [0.15, 0.2) is 17.2 Å². The maximum atomic E-state index is 13.5. The highest BCUT2D eigenvalue weighted by Crippen LogP contribution is 2.39. The number of hydrogen-bond donors (Lipinski definition) is 1. The number of anilines is 1. The number of carbonyl (C=O) groups excluding carboxylic acids is 1. The molecule has 1 amide bonds. The number of ether oxygens (including phenoxy) is 4. The van der Waals surface area contributed by atoms with Crippen molar-refractivity contribution in [2.24, 2.45) is 0 Å². The highest BCUT2D eigenvalue weighted by Gasteiger charge is 2.23. The molecule has 43 heavy (non-hydrogen) atoms. The highest BCUT2D eigenvalue weighted by molar-refractivity contribution is 6.02. The quantitative estimate of drug-likeness (QED) is 0.287. The highest BCUT2D eigenvalue weighted by atomic mass is 16.7. The Kier molecular flexibility index (Phi) is 6.92. The van der Waals surface area contributed by atoms with Gasteiger partial charge in [0.2, 0.25) is 12.2 Å². The van der Waals surface area contributed by atoms with E-state index >= 15 is 0 Å². The molecule has 2 aliphatic rings. The second-order valence-electron chi connectivity index (χ2n) is 10.4. The lowest BCUT2D eigenvalue weighted by atomic mass is 10.0. The monoisotopic (exact) mass is 577 g/mol. The lowest BCUT2D eigenvalue weighted by Crippen LogP contribution is -2.30. The maximum absolute atomic E-state index is 13.5. The minimum Gasteiger partial charge on any atom is -0.455 e. The molecule has 11 nitrogen and oxygen atoms in total. The SMILES string of the molecule is Cc1ccc(-c2cn(C3CCOCC3)nc(C(=O)Nc3ccc(Oc4ccnc5cc6c(cc45)OCO6)cn3)c2=O)cc1. The number of nitrogens with zero attached hydrogens (tertiary/aromatic N) is 4. The van der Waals surface area contributed by atoms with E-state index in [2.05, 4.69) is 20.4 Å². The van der Waals surface area contributed by atoms with Crippen LogP contribution in [-0.2, 0) is 4.74 Å². The second kappa shape index (κ2) is 11.2. The van der Waals surface area contributed by atoms with Crippen molar-refractivity contribution in [1.29, 1.82) is 0 Å². The normalized spacial score (nSPS) is 14.5. The Bertz CT molecular complexity index is 1880. The molecule has 7 rings (SSSR count). The molecule has 216 valence electrons. The smallest absolute Gasteiger partial charge is 0.281 e. The standard InChI is InChI=1S/C32H27N5O6/c1-19-2-4-20(5-3-19)24-17-37(21-9-12-40-13-10-21)36-30(31(24)38)32(39)35-29-7-6-22(16-34-29)43-26-8-11-33-25-15-28-27(14-23(25)26)41-18-42-28/h2-8,11,14-17,21H,9-10,12-13,18H2,1H3,(H,34,35,39). The molecule has 5 heterocycles. The average Bonchev–Trinajstić information content (AvgIpc) is 3.50. The molecule has 0 radical (unpaired) electrons. The van der Waals surface area contributed by atoms with Gasteiger partial charge >= 0.3 is 0 Å². The van der Waals surface area contributed by atoms with Crippen LogP contribution >= 0.6 is 0 Å². The van der Waals surface area contributed by atoms with E-state index in [-0.39, 0.29) is 24.3 Å². The fraction of sp³-hybridized carbons (Fsp3) is 0.219. The summed E-state index contributed by atoms with van der Waals surface area (Å²) in [6.45, 7) is 3.33. The molecule has 0 atom stereocenters. The molecule has 0 bridgehead atoms. The molecular weight excluding hydrogens is 550 g/mol. The zero-order chi connectivity index (χ0) is 29.3. The summed E-state index contributed by atoms with van der Waals surface area (Å²) in [5.41, 5.74) is 2.26. The summed E-state index contributed by atoms with van der Waals surface area (Å²) < 4.78 is 24.2. The van der Waals surface area contributed by atoms with Crippen molar-refractivity contribution in [1.82, 2.24) is 19.7 Å². The third-order valence-corrected chi connectivity index (χ3v) is 7.48. The number of fused-ring (bicyclic) bond motifs is 2. The summed E-state index contributed by atoms with van der Waals surface area (Å²) in [4.78, 5) is 35.7. The molecule has 11 heteroatoms. The van der Waals surface area contributed by atoms with Gasteiger partial charge in [-0.15, -0.1) is 0 Å². The van der Waals surface area contributed by atoms with Crippen LogP contribution in [0.15, 0.2) is 78.0 Å². The molecule has 5 aromatic rings. The summed E-state index contributed by atoms with van der Waals surface area (Å²) in [5, 5.41) is 7.96. The van der Waals surface area contributed by atoms with Gasteiger partial charge in [0, 0.05) is 42.6 Å². The van der Waals surface area contributed by atoms with Crippen LogP contribution in [0.2, 0.25) is 0 Å². The van der Waals surface area contributed by atoms with Crippen LogP contribution in [0.3, 0.4) is 0 Å². The number of hydrogen-bond acceptors (Lipinski definition) is 9. The van der Waals surface area contributed by atoms with Crippen molar-refractivity contribution < 1.29 is 23.7 Å². The van der Waals surface area contributed by atoms with Gasteiger partial charge in [-0.2, -0.15) is 5.10 Å². The zero-order valence-electron chi connectivity index (χ0n) is 23.3. The summed E-state index contributed by atoms with van der Waals surface area (Å²) in [7, 11) is 0. The van der Waals surface area contributed by atoms with Gasteiger partial charge < -0.3 is 24.3 Å². The lowest BCUT2D eigenvalue weighted by molar-refractivity contribution is 0.0655. The first-order valence-electron chi connectivity index (χ1n) is 13.9. The number of aromatic nitrogens is 4. The van der Waals surface area contributed by atoms with Crippen LogP contribution in [0, 0.1) is 6.92 Å². The van der Waals surface area contributed by atoms with E-state index in [1.165, 1.54) is 6.20 Å². The van der Waals surface area contributed by atoms with E-state index in [0.29, 0.717) is 47.3 Å². The number of amides is 1. The number of rotatable bonds is 6. The fourth-order valence-corrected chi connectivity index (χ4v) is 5.15. The predicted octanol–water partition coefficient (Wildman–Crippen LogP) is 5.29. The largest absolute Gasteiger partial charge is 0.455 e. The first-order chi connectivity index (χ1) is 21.0. The number of aryl methyl sites for hydroxylation is 1. The van der Waals surface area contributed by atoms with Gasteiger partial charge in [-0.1, -0.05) is 29.8 Å². The van der Waals surface area contributed by atoms with E-state index in [9.17, 15) is 9.59 Å². The van der Waals surface area contributed by atoms with Crippen LogP contribution in [0.4, 0.5) is 5.82 Å². The van der Waals surface area contributed by atoms with Crippen molar-refractivity contribution in [2.75, 3.05) is 25.3 Å². The van der Waals surface area contributed by atoms with Crippen molar-refractivity contribution >= 4 is 22.6 Å². The molecule has 3 aromatic heterocycles. The van der Waals surface area contributed by atoms with Crippen molar-refractivity contribution in [2.45, 2.75) is 25.8 Å². The fourth-order valence-electron chi connectivity index (χ4n) is 5.15. The van der Waals surface area contributed by atoms with Crippen LogP contribution in [0.5, 0.6) is 23.0 Å². The number of nitrogens with one attached hydrogen (secondary N) is 1. The zero-order valence-corrected chi connectivity index (χ0v) is 23.3. The molecule has 2 aromatic carbocycles. The Labute approximate surface area is 246 Å². The minimum absolute atomic E-state index is 0.0177. The lowest BCUT2D eigenvalue weighted by Gasteiger charge is -2.24. The first-order valence-corrected chi connectivity index (χ1v) is 13.9. The van der Waals surface area contributed by atoms with Gasteiger partial charge in [0.05, 0.1) is 17.8 Å². The Hall–Kier alpha value is -5.29. The number of carbonyl (C=O) groups is 1. The van der Waals surface area contributed by atoms with Gasteiger partial charge in [-0.25, -0.2) is 4.98 Å². The van der Waals surface area contributed by atoms with Gasteiger partial charge in [0.1, 0.15) is 17.3 Å². The van der Waals surface area contributed by atoms with Gasteiger partial charge in [-0.3, -0.25) is 19.3 Å². The van der Waals surface area contributed by atoms with Crippen LogP contribution in [0.1, 0.15) is 34.9 Å². The van der Waals surface area contributed by atoms with E-state index in [4.69, 9.17) is 18.9 Å². The summed E-state index contributed by atoms with van der Waals surface area (Å²) in [5.74, 6) is 1.88. The van der Waals surface area contributed by atoms with Gasteiger partial charge in [0.25, 0.3) is 5.91 Å². The summed E-state index contributed by atoms with van der Waals surface area (Å²) in [6.07, 6.45) is 6.35. The average molecular weight is 578 g/mol. The molecule has 0 unspecified atom stereocenters. The first kappa shape index (κ1) is 26.6. The van der Waals surface area contributed by atoms with Crippen molar-refractivity contribution in [3.63, 3.8) is 0 Å². The second-order valence-corrected chi connectivity index (χ2v) is 10.4. The molecule has 2 aliphatic heterocycles. The van der Waals surface area contributed by atoms with E-state index in [0.717, 1.165) is 29.4 Å². The summed E-state index contributed by atoms with van der Waals surface area (Å²) in [6, 6.07) is 16.3. The Morgan fingerprint density at radius 2 is 1.79 bits per heavy atom. The third kappa shape index (κ3) is 5.38. The molecule has 1 saturated heterocycles. The maximum Gasteiger partial charge on any atom is 0.281 e. The molecule has 1 fully saturated rings. The molecular formula is C32H27N5O6. The number of pyridine rings is 2. The molecule has 0 saturated carbocycles. The Morgan fingerprint density at radius 1 is 1.00 bits per heavy atom. The van der Waals surface area contributed by atoms with E-state index in [1.807, 2.05) is 37.3 Å².